The summed E-state index contributed by atoms with van der Waals surface area (Å²) in [5.74, 6) is 0.727. The number of hydrogen-bond donors (Lipinski definition) is 0. The molecule has 0 N–H and O–H groups in total. The first-order chi connectivity index (χ1) is 10.2. The van der Waals surface area contributed by atoms with E-state index >= 15 is 0 Å². The summed E-state index contributed by atoms with van der Waals surface area (Å²) in [5.41, 5.74) is 1.76. The van der Waals surface area contributed by atoms with Crippen LogP contribution in [0.3, 0.4) is 0 Å². The highest BCUT2D eigenvalue weighted by Gasteiger charge is 2.22. The van der Waals surface area contributed by atoms with Gasteiger partial charge < -0.3 is 4.90 Å². The molecule has 1 aliphatic heterocycles. The standard InChI is InChI=1S/C16H23N3O2/c1-12-17-14-8-6-7-13(14)16(21)19(12)11-15(20)18-9-4-2-3-5-10-18/h2-11H2,1H3. The van der Waals surface area contributed by atoms with Gasteiger partial charge in [0.2, 0.25) is 5.91 Å². The average Bonchev–Trinajstić information content (AvgIpc) is 2.76. The Hall–Kier alpha value is -1.65. The van der Waals surface area contributed by atoms with E-state index in [9.17, 15) is 9.59 Å². The first-order valence-electron chi connectivity index (χ1n) is 8.04. The van der Waals surface area contributed by atoms with Crippen molar-refractivity contribution in [3.63, 3.8) is 0 Å². The Morgan fingerprint density at radius 2 is 1.81 bits per heavy atom. The number of carbonyl (C=O) groups excluding carboxylic acids is 1. The summed E-state index contributed by atoms with van der Waals surface area (Å²) in [7, 11) is 0. The van der Waals surface area contributed by atoms with Crippen LogP contribution in [0.25, 0.3) is 0 Å². The number of aromatic nitrogens is 2. The Kier molecular flexibility index (Phi) is 4.08. The van der Waals surface area contributed by atoms with E-state index in [-0.39, 0.29) is 18.0 Å². The minimum atomic E-state index is -0.00169. The van der Waals surface area contributed by atoms with Crippen LogP contribution in [-0.2, 0) is 24.2 Å². The van der Waals surface area contributed by atoms with Crippen molar-refractivity contribution in [3.05, 3.63) is 27.4 Å². The van der Waals surface area contributed by atoms with Crippen molar-refractivity contribution in [2.75, 3.05) is 13.1 Å². The van der Waals surface area contributed by atoms with Crippen molar-refractivity contribution >= 4 is 5.91 Å². The van der Waals surface area contributed by atoms with Crippen molar-refractivity contribution < 1.29 is 4.79 Å². The van der Waals surface area contributed by atoms with Gasteiger partial charge in [-0.3, -0.25) is 14.2 Å². The highest BCUT2D eigenvalue weighted by Crippen LogP contribution is 2.17. The van der Waals surface area contributed by atoms with Crippen LogP contribution in [-0.4, -0.2) is 33.4 Å². The fraction of sp³-hybridized carbons (Fsp3) is 0.688. The number of carbonyl (C=O) groups is 1. The molecule has 5 heteroatoms. The van der Waals surface area contributed by atoms with Gasteiger partial charge in [-0.15, -0.1) is 0 Å². The summed E-state index contributed by atoms with van der Waals surface area (Å²) in [4.78, 5) is 31.4. The Bertz CT molecular complexity index is 598. The van der Waals surface area contributed by atoms with E-state index in [1.807, 2.05) is 11.8 Å². The largest absolute Gasteiger partial charge is 0.341 e. The topological polar surface area (TPSA) is 55.2 Å². The molecule has 1 fully saturated rings. The molecule has 0 atom stereocenters. The quantitative estimate of drug-likeness (QED) is 0.828. The summed E-state index contributed by atoms with van der Waals surface area (Å²) >= 11 is 0. The molecule has 2 aliphatic rings. The van der Waals surface area contributed by atoms with Gasteiger partial charge in [0.15, 0.2) is 0 Å². The molecule has 1 amide bonds. The molecule has 0 unspecified atom stereocenters. The zero-order valence-corrected chi connectivity index (χ0v) is 12.7. The summed E-state index contributed by atoms with van der Waals surface area (Å²) in [5, 5.41) is 0. The minimum Gasteiger partial charge on any atom is -0.341 e. The monoisotopic (exact) mass is 289 g/mol. The summed E-state index contributed by atoms with van der Waals surface area (Å²) in [6, 6.07) is 0. The Balaban J connectivity index is 1.81. The van der Waals surface area contributed by atoms with E-state index in [1.165, 1.54) is 12.8 Å². The number of likely N-dealkylation sites (tertiary alicyclic amines) is 1. The average molecular weight is 289 g/mol. The van der Waals surface area contributed by atoms with Crippen LogP contribution < -0.4 is 5.56 Å². The van der Waals surface area contributed by atoms with Crippen molar-refractivity contribution in [3.8, 4) is 0 Å². The van der Waals surface area contributed by atoms with E-state index in [0.717, 1.165) is 56.5 Å². The Morgan fingerprint density at radius 1 is 1.10 bits per heavy atom. The third-order valence-electron chi connectivity index (χ3n) is 4.63. The van der Waals surface area contributed by atoms with E-state index < -0.39 is 0 Å². The molecular formula is C16H23N3O2. The van der Waals surface area contributed by atoms with Crippen molar-refractivity contribution in [2.45, 2.75) is 58.4 Å². The lowest BCUT2D eigenvalue weighted by Crippen LogP contribution is -2.38. The van der Waals surface area contributed by atoms with Gasteiger partial charge in [-0.05, 0) is 39.0 Å². The SMILES string of the molecule is Cc1nc2c(c(=O)n1CC(=O)N1CCCCCC1)CCC2. The first kappa shape index (κ1) is 14.3. The zero-order valence-electron chi connectivity index (χ0n) is 12.7. The number of aryl methyl sites for hydroxylation is 2. The number of amides is 1. The van der Waals surface area contributed by atoms with E-state index in [1.54, 1.807) is 4.57 Å². The Morgan fingerprint density at radius 3 is 2.52 bits per heavy atom. The number of rotatable bonds is 2. The molecule has 1 aromatic heterocycles. The fourth-order valence-corrected chi connectivity index (χ4v) is 3.39. The molecule has 114 valence electrons. The van der Waals surface area contributed by atoms with Crippen LogP contribution in [0.2, 0.25) is 0 Å². The second kappa shape index (κ2) is 6.00. The third-order valence-corrected chi connectivity index (χ3v) is 4.63. The van der Waals surface area contributed by atoms with Crippen LogP contribution in [0, 0.1) is 6.92 Å². The molecule has 0 bridgehead atoms. The van der Waals surface area contributed by atoms with E-state index in [4.69, 9.17) is 0 Å². The zero-order chi connectivity index (χ0) is 14.8. The minimum absolute atomic E-state index is 0.00169. The van der Waals surface area contributed by atoms with Gasteiger partial charge in [0.25, 0.3) is 5.56 Å². The highest BCUT2D eigenvalue weighted by molar-refractivity contribution is 5.76. The van der Waals surface area contributed by atoms with Crippen molar-refractivity contribution in [1.29, 1.82) is 0 Å². The van der Waals surface area contributed by atoms with Crippen LogP contribution in [0.1, 0.15) is 49.2 Å². The predicted molar refractivity (Wildman–Crippen MR) is 80.3 cm³/mol. The maximum absolute atomic E-state index is 12.5. The lowest BCUT2D eigenvalue weighted by atomic mass is 10.2. The smallest absolute Gasteiger partial charge is 0.257 e. The molecule has 0 radical (unpaired) electrons. The maximum Gasteiger partial charge on any atom is 0.257 e. The van der Waals surface area contributed by atoms with Crippen LogP contribution in [0.15, 0.2) is 4.79 Å². The van der Waals surface area contributed by atoms with Crippen molar-refractivity contribution in [2.24, 2.45) is 0 Å². The molecule has 1 aromatic rings. The lowest BCUT2D eigenvalue weighted by molar-refractivity contribution is -0.131. The van der Waals surface area contributed by atoms with Gasteiger partial charge in [-0.2, -0.15) is 0 Å². The normalized spacial score (nSPS) is 18.4. The lowest BCUT2D eigenvalue weighted by Gasteiger charge is -2.21. The van der Waals surface area contributed by atoms with E-state index in [0.29, 0.717) is 5.82 Å². The van der Waals surface area contributed by atoms with Crippen molar-refractivity contribution in [1.82, 2.24) is 14.5 Å². The summed E-state index contributed by atoms with van der Waals surface area (Å²) < 4.78 is 1.57. The van der Waals surface area contributed by atoms with E-state index in [2.05, 4.69) is 4.98 Å². The van der Waals surface area contributed by atoms with Gasteiger partial charge in [-0.1, -0.05) is 12.8 Å². The predicted octanol–water partition coefficient (Wildman–Crippen LogP) is 1.44. The molecule has 0 spiro atoms. The fourth-order valence-electron chi connectivity index (χ4n) is 3.39. The van der Waals surface area contributed by atoms with Gasteiger partial charge in [0.05, 0.1) is 5.69 Å². The number of fused-ring (bicyclic) bond motifs is 1. The highest BCUT2D eigenvalue weighted by atomic mass is 16.2. The molecule has 5 nitrogen and oxygen atoms in total. The third kappa shape index (κ3) is 2.87. The first-order valence-corrected chi connectivity index (χ1v) is 8.04. The number of hydrogen-bond acceptors (Lipinski definition) is 3. The van der Waals surface area contributed by atoms with Crippen LogP contribution >= 0.6 is 0 Å². The van der Waals surface area contributed by atoms with Gasteiger partial charge in [-0.25, -0.2) is 4.98 Å². The molecule has 21 heavy (non-hydrogen) atoms. The maximum atomic E-state index is 12.5. The van der Waals surface area contributed by atoms with Crippen LogP contribution in [0.5, 0.6) is 0 Å². The second-order valence-corrected chi connectivity index (χ2v) is 6.12. The molecular weight excluding hydrogens is 266 g/mol. The Labute approximate surface area is 125 Å². The molecule has 0 aromatic carbocycles. The molecule has 1 saturated heterocycles. The van der Waals surface area contributed by atoms with Gasteiger partial charge in [0, 0.05) is 18.7 Å². The van der Waals surface area contributed by atoms with Gasteiger partial charge >= 0.3 is 0 Å². The van der Waals surface area contributed by atoms with Crippen LogP contribution in [0.4, 0.5) is 0 Å². The summed E-state index contributed by atoms with van der Waals surface area (Å²) in [6.07, 6.45) is 7.24. The van der Waals surface area contributed by atoms with Gasteiger partial charge in [0.1, 0.15) is 12.4 Å². The number of nitrogens with zero attached hydrogens (tertiary/aromatic N) is 3. The molecule has 1 aliphatic carbocycles. The second-order valence-electron chi connectivity index (χ2n) is 6.12. The summed E-state index contributed by atoms with van der Waals surface area (Å²) in [6.45, 7) is 3.62. The molecule has 0 saturated carbocycles. The molecule has 2 heterocycles. The molecule has 3 rings (SSSR count).